The number of nitrogens with one attached hydrogen (secondary N) is 1. The highest BCUT2D eigenvalue weighted by Crippen LogP contribution is 2.40. The van der Waals surface area contributed by atoms with Crippen LogP contribution in [0.1, 0.15) is 22.6 Å². The maximum absolute atomic E-state index is 13.0. The zero-order chi connectivity index (χ0) is 19.0. The molecule has 0 saturated heterocycles. The summed E-state index contributed by atoms with van der Waals surface area (Å²) < 4.78 is 2.01. The quantitative estimate of drug-likeness (QED) is 0.624. The van der Waals surface area contributed by atoms with Crippen molar-refractivity contribution >= 4 is 49.4 Å². The summed E-state index contributed by atoms with van der Waals surface area (Å²) in [7, 11) is 0. The minimum absolute atomic E-state index is 0.180. The van der Waals surface area contributed by atoms with Crippen molar-refractivity contribution < 1.29 is 14.7 Å². The van der Waals surface area contributed by atoms with Crippen molar-refractivity contribution in [3.05, 3.63) is 63.1 Å². The molecule has 0 bridgehead atoms. The standard InChI is InChI=1S/C20H17BrN2O3S/c21-14-5-6-16-15(7-14)23-17(27-16)11-22-19(26)20(10-18(24)25)8-12-3-1-2-4-13(12)9-20/h1-7H,8-11H2,(H,22,26)(H,24,25). The van der Waals surface area contributed by atoms with E-state index in [2.05, 4.69) is 26.2 Å². The van der Waals surface area contributed by atoms with Gasteiger partial charge in [-0.25, -0.2) is 4.98 Å². The van der Waals surface area contributed by atoms with E-state index in [-0.39, 0.29) is 12.3 Å². The molecule has 138 valence electrons. The number of aromatic nitrogens is 1. The summed E-state index contributed by atoms with van der Waals surface area (Å²) >= 11 is 4.96. The zero-order valence-electron chi connectivity index (χ0n) is 14.4. The predicted octanol–water partition coefficient (Wildman–Crippen LogP) is 3.93. The molecule has 27 heavy (non-hydrogen) atoms. The number of amides is 1. The normalized spacial score (nSPS) is 14.9. The SMILES string of the molecule is O=C(O)CC1(C(=O)NCc2nc3cc(Br)ccc3s2)Cc2ccccc2C1. The molecule has 0 spiro atoms. The number of rotatable bonds is 5. The van der Waals surface area contributed by atoms with Crippen molar-refractivity contribution in [1.82, 2.24) is 10.3 Å². The van der Waals surface area contributed by atoms with Crippen LogP contribution >= 0.6 is 27.3 Å². The number of carboxylic acid groups (broad SMARTS) is 1. The van der Waals surface area contributed by atoms with Crippen LogP contribution in [-0.2, 0) is 29.0 Å². The van der Waals surface area contributed by atoms with Crippen LogP contribution in [0.4, 0.5) is 0 Å². The van der Waals surface area contributed by atoms with Crippen LogP contribution in [0, 0.1) is 5.41 Å². The van der Waals surface area contributed by atoms with Gasteiger partial charge < -0.3 is 10.4 Å². The Morgan fingerprint density at radius 1 is 1.19 bits per heavy atom. The summed E-state index contributed by atoms with van der Waals surface area (Å²) in [5, 5.41) is 13.1. The monoisotopic (exact) mass is 444 g/mol. The topological polar surface area (TPSA) is 79.3 Å². The first kappa shape index (κ1) is 18.1. The Morgan fingerprint density at radius 2 is 1.89 bits per heavy atom. The summed E-state index contributed by atoms with van der Waals surface area (Å²) in [6.07, 6.45) is 0.725. The molecule has 0 radical (unpaired) electrons. The van der Waals surface area contributed by atoms with E-state index in [9.17, 15) is 14.7 Å². The van der Waals surface area contributed by atoms with Gasteiger partial charge >= 0.3 is 5.97 Å². The van der Waals surface area contributed by atoms with Gasteiger partial charge in [0.25, 0.3) is 0 Å². The van der Waals surface area contributed by atoms with Crippen molar-refractivity contribution in [3.8, 4) is 0 Å². The summed E-state index contributed by atoms with van der Waals surface area (Å²) in [5.74, 6) is -1.18. The van der Waals surface area contributed by atoms with Crippen molar-refractivity contribution in [2.24, 2.45) is 5.41 Å². The van der Waals surface area contributed by atoms with Gasteiger partial charge in [0.1, 0.15) is 5.01 Å². The number of hydrogen-bond donors (Lipinski definition) is 2. The average molecular weight is 445 g/mol. The lowest BCUT2D eigenvalue weighted by molar-refractivity contribution is -0.145. The third-order valence-corrected chi connectivity index (χ3v) is 6.47. The van der Waals surface area contributed by atoms with Crippen molar-refractivity contribution in [2.75, 3.05) is 0 Å². The van der Waals surface area contributed by atoms with Crippen molar-refractivity contribution in [1.29, 1.82) is 0 Å². The fourth-order valence-corrected chi connectivity index (χ4v) is 4.95. The van der Waals surface area contributed by atoms with E-state index in [4.69, 9.17) is 0 Å². The highest BCUT2D eigenvalue weighted by molar-refractivity contribution is 9.10. The van der Waals surface area contributed by atoms with Crippen LogP contribution in [-0.4, -0.2) is 22.0 Å². The van der Waals surface area contributed by atoms with E-state index in [0.29, 0.717) is 19.4 Å². The molecule has 1 aromatic heterocycles. The van der Waals surface area contributed by atoms with Crippen LogP contribution in [0.25, 0.3) is 10.2 Å². The van der Waals surface area contributed by atoms with Gasteiger partial charge in [-0.2, -0.15) is 0 Å². The second-order valence-electron chi connectivity index (χ2n) is 6.88. The van der Waals surface area contributed by atoms with E-state index >= 15 is 0 Å². The van der Waals surface area contributed by atoms with Gasteiger partial charge in [-0.05, 0) is 42.2 Å². The van der Waals surface area contributed by atoms with Crippen LogP contribution in [0.2, 0.25) is 0 Å². The van der Waals surface area contributed by atoms with Gasteiger partial charge in [0.15, 0.2) is 0 Å². The lowest BCUT2D eigenvalue weighted by atomic mass is 9.80. The molecular weight excluding hydrogens is 428 g/mol. The Kier molecular flexibility index (Phi) is 4.74. The van der Waals surface area contributed by atoms with E-state index in [0.717, 1.165) is 30.8 Å². The third kappa shape index (κ3) is 3.61. The van der Waals surface area contributed by atoms with Crippen LogP contribution in [0.15, 0.2) is 46.9 Å². The highest BCUT2D eigenvalue weighted by Gasteiger charge is 2.45. The second kappa shape index (κ2) is 7.05. The second-order valence-corrected chi connectivity index (χ2v) is 8.91. The van der Waals surface area contributed by atoms with Crippen LogP contribution in [0.3, 0.4) is 0 Å². The van der Waals surface area contributed by atoms with Crippen molar-refractivity contribution in [3.63, 3.8) is 0 Å². The molecule has 2 N–H and O–H groups in total. The largest absolute Gasteiger partial charge is 0.481 e. The predicted molar refractivity (Wildman–Crippen MR) is 108 cm³/mol. The third-order valence-electron chi connectivity index (χ3n) is 4.94. The first-order chi connectivity index (χ1) is 12.9. The number of carbonyl (C=O) groups excluding carboxylic acids is 1. The fourth-order valence-electron chi connectivity index (χ4n) is 3.72. The summed E-state index contributed by atoms with van der Waals surface area (Å²) in [5.41, 5.74) is 2.06. The van der Waals surface area contributed by atoms with E-state index < -0.39 is 11.4 Å². The van der Waals surface area contributed by atoms with Gasteiger partial charge in [0.05, 0.1) is 28.6 Å². The Bertz CT molecular complexity index is 1020. The average Bonchev–Trinajstić information content (AvgIpc) is 3.19. The Hall–Kier alpha value is -2.25. The van der Waals surface area contributed by atoms with Gasteiger partial charge in [-0.1, -0.05) is 40.2 Å². The molecule has 1 aliphatic rings. The smallest absolute Gasteiger partial charge is 0.304 e. The van der Waals surface area contributed by atoms with E-state index in [1.54, 1.807) is 0 Å². The van der Waals surface area contributed by atoms with Crippen molar-refractivity contribution in [2.45, 2.75) is 25.8 Å². The molecule has 5 nitrogen and oxygen atoms in total. The number of hydrogen-bond acceptors (Lipinski definition) is 4. The molecule has 0 atom stereocenters. The first-order valence-electron chi connectivity index (χ1n) is 8.57. The molecule has 0 aliphatic heterocycles. The summed E-state index contributed by atoms with van der Waals surface area (Å²) in [6, 6.07) is 13.7. The number of carbonyl (C=O) groups is 2. The number of halogens is 1. The van der Waals surface area contributed by atoms with E-state index in [1.807, 2.05) is 42.5 Å². The number of carboxylic acids is 1. The van der Waals surface area contributed by atoms with E-state index in [1.165, 1.54) is 11.3 Å². The Morgan fingerprint density at radius 3 is 2.56 bits per heavy atom. The van der Waals surface area contributed by atoms with Crippen LogP contribution < -0.4 is 5.32 Å². The molecule has 2 aromatic carbocycles. The van der Waals surface area contributed by atoms with Gasteiger partial charge in [0, 0.05) is 4.47 Å². The molecular formula is C20H17BrN2O3S. The first-order valence-corrected chi connectivity index (χ1v) is 10.2. The Labute approximate surface area is 168 Å². The fraction of sp³-hybridized carbons (Fsp3) is 0.250. The lowest BCUT2D eigenvalue weighted by Crippen LogP contribution is -2.43. The molecule has 0 fully saturated rings. The zero-order valence-corrected chi connectivity index (χ0v) is 16.8. The van der Waals surface area contributed by atoms with Crippen LogP contribution in [0.5, 0.6) is 0 Å². The molecule has 3 aromatic rings. The summed E-state index contributed by atoms with van der Waals surface area (Å²) in [4.78, 5) is 29.0. The lowest BCUT2D eigenvalue weighted by Gasteiger charge is -2.25. The minimum atomic E-state index is -0.956. The molecule has 4 rings (SSSR count). The number of fused-ring (bicyclic) bond motifs is 2. The Balaban J connectivity index is 1.53. The number of nitrogens with zero attached hydrogens (tertiary/aromatic N) is 1. The molecule has 7 heteroatoms. The van der Waals surface area contributed by atoms with Gasteiger partial charge in [0.2, 0.25) is 5.91 Å². The maximum Gasteiger partial charge on any atom is 0.304 e. The number of thiazole rings is 1. The molecule has 0 saturated carbocycles. The number of aliphatic carboxylic acids is 1. The number of benzene rings is 2. The maximum atomic E-state index is 13.0. The molecule has 1 amide bonds. The molecule has 1 heterocycles. The highest BCUT2D eigenvalue weighted by atomic mass is 79.9. The molecule has 1 aliphatic carbocycles. The van der Waals surface area contributed by atoms with Gasteiger partial charge in [-0.3, -0.25) is 9.59 Å². The van der Waals surface area contributed by atoms with Gasteiger partial charge in [-0.15, -0.1) is 11.3 Å². The minimum Gasteiger partial charge on any atom is -0.481 e. The summed E-state index contributed by atoms with van der Waals surface area (Å²) in [6.45, 7) is 0.299. The molecule has 0 unspecified atom stereocenters.